The summed E-state index contributed by atoms with van der Waals surface area (Å²) in [5.41, 5.74) is 0.908. The number of aliphatic hydroxyl groups excluding tert-OH is 1. The average molecular weight is 450 g/mol. The Bertz CT molecular complexity index is 1380. The Morgan fingerprint density at radius 3 is 2.69 bits per heavy atom. The molecule has 4 aromatic rings. The van der Waals surface area contributed by atoms with Crippen LogP contribution in [0.2, 0.25) is 0 Å². The molecule has 0 radical (unpaired) electrons. The summed E-state index contributed by atoms with van der Waals surface area (Å²) in [5, 5.41) is 11.0. The quantitative estimate of drug-likeness (QED) is 0.438. The topological polar surface area (TPSA) is 92.9 Å². The standard InChI is InChI=1S/C23H15FN2O5S/c1-30-14-8-9-15-17(11-14)32-23(25-15)26-19(12-4-6-13(24)7-5-12)18(21(28)22(26)29)20(27)16-3-2-10-31-16/h2-11,19,28H,1H3/t19-/m0/s1. The van der Waals surface area contributed by atoms with E-state index in [4.69, 9.17) is 9.15 Å². The van der Waals surface area contributed by atoms with Crippen molar-refractivity contribution < 1.29 is 28.2 Å². The highest BCUT2D eigenvalue weighted by Gasteiger charge is 2.46. The number of nitrogens with zero attached hydrogens (tertiary/aromatic N) is 2. The van der Waals surface area contributed by atoms with Gasteiger partial charge < -0.3 is 14.3 Å². The first-order chi connectivity index (χ1) is 15.5. The van der Waals surface area contributed by atoms with E-state index in [1.54, 1.807) is 25.3 Å². The summed E-state index contributed by atoms with van der Waals surface area (Å²) in [6, 6.07) is 12.6. The third-order valence-electron chi connectivity index (χ3n) is 5.17. The van der Waals surface area contributed by atoms with Gasteiger partial charge in [0, 0.05) is 0 Å². The van der Waals surface area contributed by atoms with Crippen LogP contribution in [0.1, 0.15) is 22.2 Å². The first kappa shape index (κ1) is 20.0. The van der Waals surface area contributed by atoms with Gasteiger partial charge in [-0.25, -0.2) is 9.37 Å². The molecule has 1 amide bonds. The van der Waals surface area contributed by atoms with Crippen molar-refractivity contribution in [3.63, 3.8) is 0 Å². The molecule has 5 rings (SSSR count). The van der Waals surface area contributed by atoms with Crippen molar-refractivity contribution >= 4 is 38.4 Å². The Labute approximate surface area is 185 Å². The minimum absolute atomic E-state index is 0.0256. The van der Waals surface area contributed by atoms with Gasteiger partial charge in [-0.3, -0.25) is 14.5 Å². The van der Waals surface area contributed by atoms with Crippen LogP contribution in [0.15, 0.2) is 76.6 Å². The van der Waals surface area contributed by atoms with Crippen LogP contribution in [0.3, 0.4) is 0 Å². The number of thiazole rings is 1. The van der Waals surface area contributed by atoms with Crippen molar-refractivity contribution in [1.82, 2.24) is 4.98 Å². The molecule has 1 aliphatic heterocycles. The number of benzene rings is 2. The molecular weight excluding hydrogens is 435 g/mol. The number of anilines is 1. The van der Waals surface area contributed by atoms with E-state index in [0.717, 1.165) is 4.70 Å². The third kappa shape index (κ3) is 3.14. The molecule has 2 aromatic carbocycles. The highest BCUT2D eigenvalue weighted by molar-refractivity contribution is 7.22. The van der Waals surface area contributed by atoms with Gasteiger partial charge in [0.15, 0.2) is 16.7 Å². The summed E-state index contributed by atoms with van der Waals surface area (Å²) in [7, 11) is 1.55. The van der Waals surface area contributed by atoms with E-state index in [1.165, 1.54) is 58.9 Å². The van der Waals surface area contributed by atoms with E-state index in [9.17, 15) is 19.1 Å². The van der Waals surface area contributed by atoms with Crippen LogP contribution < -0.4 is 9.64 Å². The number of hydrogen-bond donors (Lipinski definition) is 1. The number of rotatable bonds is 5. The minimum atomic E-state index is -1.01. The molecule has 9 heteroatoms. The van der Waals surface area contributed by atoms with Gasteiger partial charge >= 0.3 is 0 Å². The molecule has 7 nitrogen and oxygen atoms in total. The molecule has 0 unspecified atom stereocenters. The Balaban J connectivity index is 1.67. The van der Waals surface area contributed by atoms with Crippen molar-refractivity contribution in [1.29, 1.82) is 0 Å². The number of carbonyl (C=O) groups excluding carboxylic acids is 2. The second kappa shape index (κ2) is 7.61. The lowest BCUT2D eigenvalue weighted by atomic mass is 9.95. The molecule has 1 N–H and O–H groups in total. The predicted octanol–water partition coefficient (Wildman–Crippen LogP) is 4.82. The zero-order valence-corrected chi connectivity index (χ0v) is 17.4. The van der Waals surface area contributed by atoms with Gasteiger partial charge in [-0.1, -0.05) is 23.5 Å². The molecule has 0 spiro atoms. The van der Waals surface area contributed by atoms with Gasteiger partial charge in [-0.15, -0.1) is 0 Å². The van der Waals surface area contributed by atoms with E-state index in [-0.39, 0.29) is 16.5 Å². The second-order valence-electron chi connectivity index (χ2n) is 7.03. The Morgan fingerprint density at radius 2 is 2.00 bits per heavy atom. The van der Waals surface area contributed by atoms with Crippen LogP contribution in [0.5, 0.6) is 5.75 Å². The van der Waals surface area contributed by atoms with Crippen molar-refractivity contribution in [3.8, 4) is 5.75 Å². The van der Waals surface area contributed by atoms with Crippen LogP contribution in [0, 0.1) is 5.82 Å². The van der Waals surface area contributed by atoms with Crippen LogP contribution >= 0.6 is 11.3 Å². The van der Waals surface area contributed by atoms with E-state index < -0.39 is 29.3 Å². The maximum absolute atomic E-state index is 13.6. The number of fused-ring (bicyclic) bond motifs is 1. The normalized spacial score (nSPS) is 16.2. The van der Waals surface area contributed by atoms with E-state index in [1.807, 2.05) is 0 Å². The van der Waals surface area contributed by atoms with E-state index >= 15 is 0 Å². The van der Waals surface area contributed by atoms with Crippen molar-refractivity contribution in [2.24, 2.45) is 0 Å². The number of halogens is 1. The molecule has 1 atom stereocenters. The third-order valence-corrected chi connectivity index (χ3v) is 6.19. The van der Waals surface area contributed by atoms with Gasteiger partial charge in [0.2, 0.25) is 5.78 Å². The first-order valence-electron chi connectivity index (χ1n) is 9.53. The number of ketones is 1. The molecule has 0 saturated carbocycles. The lowest BCUT2D eigenvalue weighted by molar-refractivity contribution is -0.117. The number of methoxy groups -OCH3 is 1. The molecule has 160 valence electrons. The second-order valence-corrected chi connectivity index (χ2v) is 8.04. The number of aromatic nitrogens is 1. The highest BCUT2D eigenvalue weighted by Crippen LogP contribution is 2.44. The number of hydrogen-bond acceptors (Lipinski definition) is 7. The fourth-order valence-corrected chi connectivity index (χ4v) is 4.68. The van der Waals surface area contributed by atoms with Crippen LogP contribution in [0.4, 0.5) is 9.52 Å². The summed E-state index contributed by atoms with van der Waals surface area (Å²) < 4.78 is 24.8. The zero-order valence-electron chi connectivity index (χ0n) is 16.6. The number of ether oxygens (including phenoxy) is 1. The number of aliphatic hydroxyl groups is 1. The monoisotopic (exact) mass is 450 g/mol. The maximum Gasteiger partial charge on any atom is 0.296 e. The van der Waals surface area contributed by atoms with Crippen LogP contribution in [-0.4, -0.2) is 28.9 Å². The number of furan rings is 1. The smallest absolute Gasteiger partial charge is 0.296 e. The van der Waals surface area contributed by atoms with Crippen LogP contribution in [0.25, 0.3) is 10.2 Å². The number of amides is 1. The van der Waals surface area contributed by atoms with Crippen molar-refractivity contribution in [3.05, 3.63) is 89.3 Å². The van der Waals surface area contributed by atoms with Gasteiger partial charge in [0.25, 0.3) is 5.91 Å². The van der Waals surface area contributed by atoms with Crippen LogP contribution in [-0.2, 0) is 4.79 Å². The average Bonchev–Trinajstić information content (AvgIpc) is 3.52. The van der Waals surface area contributed by atoms with Gasteiger partial charge in [0.05, 0.1) is 35.2 Å². The summed E-state index contributed by atoms with van der Waals surface area (Å²) in [4.78, 5) is 32.1. The lowest BCUT2D eigenvalue weighted by Crippen LogP contribution is -2.30. The number of carbonyl (C=O) groups is 2. The molecule has 32 heavy (non-hydrogen) atoms. The van der Waals surface area contributed by atoms with E-state index in [0.29, 0.717) is 16.8 Å². The molecule has 0 bridgehead atoms. The summed E-state index contributed by atoms with van der Waals surface area (Å²) in [6.07, 6.45) is 1.33. The Hall–Kier alpha value is -3.98. The molecule has 1 aliphatic rings. The summed E-state index contributed by atoms with van der Waals surface area (Å²) in [5.74, 6) is -1.98. The minimum Gasteiger partial charge on any atom is -0.503 e. The largest absolute Gasteiger partial charge is 0.503 e. The predicted molar refractivity (Wildman–Crippen MR) is 115 cm³/mol. The fraction of sp³-hybridized carbons (Fsp3) is 0.0870. The maximum atomic E-state index is 13.6. The molecule has 0 aliphatic carbocycles. The zero-order chi connectivity index (χ0) is 22.4. The summed E-state index contributed by atoms with van der Waals surface area (Å²) in [6.45, 7) is 0. The van der Waals surface area contributed by atoms with Gasteiger partial charge in [0.1, 0.15) is 11.6 Å². The van der Waals surface area contributed by atoms with Crippen molar-refractivity contribution in [2.45, 2.75) is 6.04 Å². The van der Waals surface area contributed by atoms with Gasteiger partial charge in [-0.2, -0.15) is 0 Å². The fourth-order valence-electron chi connectivity index (χ4n) is 3.66. The summed E-state index contributed by atoms with van der Waals surface area (Å²) >= 11 is 1.21. The van der Waals surface area contributed by atoms with E-state index in [2.05, 4.69) is 4.98 Å². The molecule has 0 fully saturated rings. The SMILES string of the molecule is COc1ccc2nc(N3C(=O)C(O)=C(C(=O)c4ccco4)[C@@H]3c3ccc(F)cc3)sc2c1. The Morgan fingerprint density at radius 1 is 1.22 bits per heavy atom. The molecule has 3 heterocycles. The Kier molecular flexibility index (Phi) is 4.75. The van der Waals surface area contributed by atoms with Gasteiger partial charge in [-0.05, 0) is 48.0 Å². The number of Topliss-reactive ketones (excluding diaryl/α,β-unsaturated/α-hetero) is 1. The molecule has 2 aromatic heterocycles. The molecule has 0 saturated heterocycles. The van der Waals surface area contributed by atoms with Crippen molar-refractivity contribution in [2.75, 3.05) is 12.0 Å². The first-order valence-corrected chi connectivity index (χ1v) is 10.3. The highest BCUT2D eigenvalue weighted by atomic mass is 32.1. The lowest BCUT2D eigenvalue weighted by Gasteiger charge is -2.24. The molecular formula is C23H15FN2O5S.